The van der Waals surface area contributed by atoms with Gasteiger partial charge in [-0.15, -0.1) is 10.2 Å². The van der Waals surface area contributed by atoms with Crippen LogP contribution in [0.25, 0.3) is 10.9 Å². The molecule has 0 unspecified atom stereocenters. The number of alkyl halides is 3. The summed E-state index contributed by atoms with van der Waals surface area (Å²) in [6.07, 6.45) is -2.83. The van der Waals surface area contributed by atoms with Crippen molar-refractivity contribution in [2.24, 2.45) is 0 Å². The van der Waals surface area contributed by atoms with E-state index in [2.05, 4.69) is 15.2 Å². The molecule has 0 atom stereocenters. The molecular formula is C16H14F3N5O. The van der Waals surface area contributed by atoms with Crippen LogP contribution in [0, 0.1) is 0 Å². The molecule has 0 bridgehead atoms. The number of anilines is 1. The molecule has 1 aliphatic rings. The lowest BCUT2D eigenvalue weighted by molar-refractivity contribution is -0.147. The second kappa shape index (κ2) is 5.61. The Hall–Kier alpha value is -2.84. The van der Waals surface area contributed by atoms with E-state index in [-0.39, 0.29) is 13.1 Å². The van der Waals surface area contributed by atoms with E-state index in [0.29, 0.717) is 23.6 Å². The number of aromatic nitrogens is 4. The number of rotatable bonds is 2. The summed E-state index contributed by atoms with van der Waals surface area (Å²) in [7, 11) is 1.57. The highest BCUT2D eigenvalue weighted by molar-refractivity contribution is 5.95. The molecule has 0 saturated heterocycles. The highest BCUT2D eigenvalue weighted by Gasteiger charge is 2.39. The molecule has 3 heterocycles. The van der Waals surface area contributed by atoms with Crippen LogP contribution in [0.4, 0.5) is 18.9 Å². The van der Waals surface area contributed by atoms with Crippen molar-refractivity contribution in [3.8, 4) is 5.75 Å². The van der Waals surface area contributed by atoms with Gasteiger partial charge >= 0.3 is 6.18 Å². The van der Waals surface area contributed by atoms with Gasteiger partial charge in [-0.3, -0.25) is 4.98 Å². The number of methoxy groups -OCH3 is 1. The molecule has 0 radical (unpaired) electrons. The Morgan fingerprint density at radius 2 is 1.96 bits per heavy atom. The van der Waals surface area contributed by atoms with E-state index in [4.69, 9.17) is 4.74 Å². The lowest BCUT2D eigenvalue weighted by Gasteiger charge is -2.30. The Labute approximate surface area is 140 Å². The minimum atomic E-state index is -4.50. The van der Waals surface area contributed by atoms with Crippen LogP contribution < -0.4 is 9.64 Å². The fourth-order valence-corrected chi connectivity index (χ4v) is 3.15. The molecule has 0 fully saturated rings. The van der Waals surface area contributed by atoms with Gasteiger partial charge < -0.3 is 14.2 Å². The number of benzene rings is 1. The van der Waals surface area contributed by atoms with E-state index in [0.717, 1.165) is 15.6 Å². The van der Waals surface area contributed by atoms with Crippen molar-refractivity contribution < 1.29 is 17.9 Å². The number of fused-ring (bicyclic) bond motifs is 2. The van der Waals surface area contributed by atoms with Gasteiger partial charge in [0, 0.05) is 30.4 Å². The summed E-state index contributed by atoms with van der Waals surface area (Å²) in [6.45, 7) is 0.842. The van der Waals surface area contributed by atoms with Crippen LogP contribution in [0.3, 0.4) is 0 Å². The maximum absolute atomic E-state index is 13.0. The van der Waals surface area contributed by atoms with Gasteiger partial charge in [0.1, 0.15) is 11.3 Å². The molecule has 2 aromatic heterocycles. The molecule has 1 aliphatic heterocycles. The Morgan fingerprint density at radius 3 is 2.72 bits per heavy atom. The first-order chi connectivity index (χ1) is 12.0. The molecule has 1 aromatic carbocycles. The number of ether oxygens (including phenoxy) is 1. The molecule has 4 rings (SSSR count). The molecule has 6 nitrogen and oxygen atoms in total. The summed E-state index contributed by atoms with van der Waals surface area (Å²) in [6, 6.07) is 7.45. The number of nitrogens with zero attached hydrogens (tertiary/aromatic N) is 5. The zero-order valence-corrected chi connectivity index (χ0v) is 13.3. The van der Waals surface area contributed by atoms with Crippen LogP contribution in [0.15, 0.2) is 30.5 Å². The summed E-state index contributed by atoms with van der Waals surface area (Å²) in [4.78, 5) is 6.33. The van der Waals surface area contributed by atoms with Crippen molar-refractivity contribution in [3.63, 3.8) is 0 Å². The van der Waals surface area contributed by atoms with Crippen molar-refractivity contribution >= 4 is 16.6 Å². The number of halogens is 3. The van der Waals surface area contributed by atoms with Crippen molar-refractivity contribution in [1.29, 1.82) is 0 Å². The third kappa shape index (κ3) is 2.55. The van der Waals surface area contributed by atoms with Gasteiger partial charge in [-0.2, -0.15) is 13.2 Å². The fraction of sp³-hybridized carbons (Fsp3) is 0.312. The first kappa shape index (κ1) is 15.7. The molecule has 25 heavy (non-hydrogen) atoms. The molecular weight excluding hydrogens is 335 g/mol. The van der Waals surface area contributed by atoms with E-state index in [1.54, 1.807) is 13.3 Å². The monoisotopic (exact) mass is 349 g/mol. The number of pyridine rings is 1. The quantitative estimate of drug-likeness (QED) is 0.712. The van der Waals surface area contributed by atoms with Crippen LogP contribution in [0.1, 0.15) is 11.6 Å². The zero-order valence-electron chi connectivity index (χ0n) is 13.3. The van der Waals surface area contributed by atoms with Crippen LogP contribution in [0.2, 0.25) is 0 Å². The van der Waals surface area contributed by atoms with Gasteiger partial charge in [0.2, 0.25) is 5.82 Å². The maximum Gasteiger partial charge on any atom is 0.451 e. The van der Waals surface area contributed by atoms with Crippen LogP contribution in [0.5, 0.6) is 5.75 Å². The van der Waals surface area contributed by atoms with Gasteiger partial charge in [-0.1, -0.05) is 12.1 Å². The van der Waals surface area contributed by atoms with Crippen molar-refractivity contribution in [2.75, 3.05) is 18.6 Å². The minimum absolute atomic E-state index is 0.172. The van der Waals surface area contributed by atoms with E-state index in [9.17, 15) is 13.2 Å². The summed E-state index contributed by atoms with van der Waals surface area (Å²) in [5.41, 5.74) is 1.59. The topological polar surface area (TPSA) is 56.1 Å². The molecule has 9 heteroatoms. The van der Waals surface area contributed by atoms with Crippen molar-refractivity contribution in [1.82, 2.24) is 19.7 Å². The van der Waals surface area contributed by atoms with Crippen LogP contribution in [-0.2, 0) is 19.3 Å². The summed E-state index contributed by atoms with van der Waals surface area (Å²) in [5.74, 6) is 0.00808. The van der Waals surface area contributed by atoms with Gasteiger partial charge in [0.05, 0.1) is 13.7 Å². The molecule has 0 aliphatic carbocycles. The standard InChI is InChI=1S/C16H14F3N5O/c1-25-12-4-2-3-10-11(5-6-20-14(10)12)23-7-8-24-13(9-23)21-22-15(24)16(17,18)19/h2-6H,7-9H2,1H3. The predicted octanol–water partition coefficient (Wildman–Crippen LogP) is 2.87. The first-order valence-corrected chi connectivity index (χ1v) is 7.65. The summed E-state index contributed by atoms with van der Waals surface area (Å²) < 4.78 is 45.4. The van der Waals surface area contributed by atoms with E-state index in [1.165, 1.54) is 0 Å². The summed E-state index contributed by atoms with van der Waals surface area (Å²) >= 11 is 0. The first-order valence-electron chi connectivity index (χ1n) is 7.65. The van der Waals surface area contributed by atoms with Gasteiger partial charge in [-0.25, -0.2) is 0 Å². The van der Waals surface area contributed by atoms with Gasteiger partial charge in [0.15, 0.2) is 5.82 Å². The van der Waals surface area contributed by atoms with Crippen LogP contribution in [-0.4, -0.2) is 33.4 Å². The maximum atomic E-state index is 13.0. The van der Waals surface area contributed by atoms with E-state index >= 15 is 0 Å². The Kier molecular flexibility index (Phi) is 3.52. The van der Waals surface area contributed by atoms with Gasteiger partial charge in [0.25, 0.3) is 0 Å². The highest BCUT2D eigenvalue weighted by atomic mass is 19.4. The number of hydrogen-bond acceptors (Lipinski definition) is 5. The Bertz CT molecular complexity index is 937. The lowest BCUT2D eigenvalue weighted by atomic mass is 10.1. The average molecular weight is 349 g/mol. The molecule has 3 aromatic rings. The fourth-order valence-electron chi connectivity index (χ4n) is 3.15. The molecule has 0 N–H and O–H groups in total. The third-order valence-electron chi connectivity index (χ3n) is 4.28. The Morgan fingerprint density at radius 1 is 1.12 bits per heavy atom. The molecule has 0 spiro atoms. The number of para-hydroxylation sites is 1. The smallest absolute Gasteiger partial charge is 0.451 e. The second-order valence-corrected chi connectivity index (χ2v) is 5.70. The zero-order chi connectivity index (χ0) is 17.6. The highest BCUT2D eigenvalue weighted by Crippen LogP contribution is 2.34. The normalized spacial score (nSPS) is 14.6. The van der Waals surface area contributed by atoms with Gasteiger partial charge in [-0.05, 0) is 12.1 Å². The third-order valence-corrected chi connectivity index (χ3v) is 4.28. The average Bonchev–Trinajstić information content (AvgIpc) is 3.04. The molecule has 0 amide bonds. The largest absolute Gasteiger partial charge is 0.494 e. The second-order valence-electron chi connectivity index (χ2n) is 5.70. The molecule has 0 saturated carbocycles. The predicted molar refractivity (Wildman–Crippen MR) is 84.4 cm³/mol. The molecule has 130 valence electrons. The van der Waals surface area contributed by atoms with Crippen molar-refractivity contribution in [2.45, 2.75) is 19.3 Å². The van der Waals surface area contributed by atoms with Crippen molar-refractivity contribution in [3.05, 3.63) is 42.1 Å². The lowest BCUT2D eigenvalue weighted by Crippen LogP contribution is -2.35. The number of hydrogen-bond donors (Lipinski definition) is 0. The summed E-state index contributed by atoms with van der Waals surface area (Å²) in [5, 5.41) is 7.92. The SMILES string of the molecule is COc1cccc2c(N3CCn4c(nnc4C(F)(F)F)C3)ccnc12. The van der Waals surface area contributed by atoms with E-state index < -0.39 is 12.0 Å². The Balaban J connectivity index is 1.73. The minimum Gasteiger partial charge on any atom is -0.494 e. The van der Waals surface area contributed by atoms with E-state index in [1.807, 2.05) is 29.2 Å². The van der Waals surface area contributed by atoms with Crippen LogP contribution >= 0.6 is 0 Å².